The fourth-order valence-corrected chi connectivity index (χ4v) is 2.99. The molecule has 1 rings (SSSR count). The number of benzene rings is 1. The molecule has 0 aliphatic carbocycles. The Labute approximate surface area is 101 Å². The van der Waals surface area contributed by atoms with Crippen LogP contribution in [0.1, 0.15) is 26.2 Å². The largest absolute Gasteiger partial charge is 0.393 e. The van der Waals surface area contributed by atoms with E-state index < -0.39 is 21.8 Å². The molecule has 1 atom stereocenters. The summed E-state index contributed by atoms with van der Waals surface area (Å²) in [6.07, 6.45) is 1.19. The Bertz CT molecular complexity index is 455. The van der Waals surface area contributed by atoms with Crippen LogP contribution >= 0.6 is 0 Å². The van der Waals surface area contributed by atoms with Crippen molar-refractivity contribution < 1.29 is 17.9 Å². The maximum Gasteiger partial charge on any atom is 0.181 e. The van der Waals surface area contributed by atoms with Gasteiger partial charge in [-0.15, -0.1) is 0 Å². The van der Waals surface area contributed by atoms with Crippen LogP contribution in [0.2, 0.25) is 0 Å². The molecule has 17 heavy (non-hydrogen) atoms. The predicted molar refractivity (Wildman–Crippen MR) is 64.0 cm³/mol. The van der Waals surface area contributed by atoms with Crippen molar-refractivity contribution in [2.24, 2.45) is 0 Å². The Kier molecular flexibility index (Phi) is 5.08. The molecule has 1 aromatic rings. The lowest BCUT2D eigenvalue weighted by atomic mass is 10.2. The maximum atomic E-state index is 13.3. The van der Waals surface area contributed by atoms with Crippen molar-refractivity contribution in [1.82, 2.24) is 0 Å². The predicted octanol–water partition coefficient (Wildman–Crippen LogP) is 2.15. The molecule has 1 unspecified atom stereocenters. The van der Waals surface area contributed by atoms with Crippen LogP contribution in [0.25, 0.3) is 0 Å². The number of halogens is 1. The van der Waals surface area contributed by atoms with E-state index in [0.717, 1.165) is 6.07 Å². The smallest absolute Gasteiger partial charge is 0.181 e. The van der Waals surface area contributed by atoms with Crippen LogP contribution in [0.4, 0.5) is 4.39 Å². The summed E-state index contributed by atoms with van der Waals surface area (Å²) in [6.45, 7) is 1.66. The SMILES string of the molecule is CC(O)CCCCS(=O)(=O)c1ccccc1F. The third kappa shape index (κ3) is 4.44. The van der Waals surface area contributed by atoms with Crippen molar-refractivity contribution in [2.45, 2.75) is 37.2 Å². The number of aliphatic hydroxyl groups is 1. The lowest BCUT2D eigenvalue weighted by molar-refractivity contribution is 0.181. The van der Waals surface area contributed by atoms with E-state index in [-0.39, 0.29) is 10.6 Å². The lowest BCUT2D eigenvalue weighted by Crippen LogP contribution is -2.09. The van der Waals surface area contributed by atoms with Crippen LogP contribution in [0.15, 0.2) is 29.2 Å². The van der Waals surface area contributed by atoms with Crippen LogP contribution in [-0.2, 0) is 9.84 Å². The summed E-state index contributed by atoms with van der Waals surface area (Å²) in [5, 5.41) is 9.03. The molecule has 0 aromatic heterocycles. The zero-order valence-electron chi connectivity index (χ0n) is 9.77. The lowest BCUT2D eigenvalue weighted by Gasteiger charge is -2.06. The van der Waals surface area contributed by atoms with E-state index in [1.165, 1.54) is 18.2 Å². The summed E-state index contributed by atoms with van der Waals surface area (Å²) in [6, 6.07) is 5.38. The molecule has 0 bridgehead atoms. The minimum atomic E-state index is -3.55. The van der Waals surface area contributed by atoms with E-state index in [0.29, 0.717) is 19.3 Å². The third-order valence-electron chi connectivity index (χ3n) is 2.46. The van der Waals surface area contributed by atoms with Gasteiger partial charge in [-0.3, -0.25) is 0 Å². The van der Waals surface area contributed by atoms with Gasteiger partial charge < -0.3 is 5.11 Å². The zero-order valence-corrected chi connectivity index (χ0v) is 10.6. The van der Waals surface area contributed by atoms with Crippen molar-refractivity contribution in [3.63, 3.8) is 0 Å². The van der Waals surface area contributed by atoms with Crippen molar-refractivity contribution in [2.75, 3.05) is 5.75 Å². The molecule has 0 fully saturated rings. The highest BCUT2D eigenvalue weighted by molar-refractivity contribution is 7.91. The molecule has 0 radical (unpaired) electrons. The fourth-order valence-electron chi connectivity index (χ4n) is 1.54. The number of aliphatic hydroxyl groups excluding tert-OH is 1. The zero-order chi connectivity index (χ0) is 12.9. The van der Waals surface area contributed by atoms with Crippen LogP contribution in [0.3, 0.4) is 0 Å². The Balaban J connectivity index is 2.61. The summed E-state index contributed by atoms with van der Waals surface area (Å²) in [5.74, 6) is -0.788. The van der Waals surface area contributed by atoms with E-state index in [1.54, 1.807) is 6.92 Å². The summed E-state index contributed by atoms with van der Waals surface area (Å²) in [5.41, 5.74) is 0. The standard InChI is InChI=1S/C12H17FO3S/c1-10(14)6-4-5-9-17(15,16)12-8-3-2-7-11(12)13/h2-3,7-8,10,14H,4-6,9H2,1H3. The molecule has 1 N–H and O–H groups in total. The van der Waals surface area contributed by atoms with Gasteiger partial charge in [-0.25, -0.2) is 12.8 Å². The second-order valence-electron chi connectivity index (χ2n) is 4.09. The van der Waals surface area contributed by atoms with Gasteiger partial charge in [0.25, 0.3) is 0 Å². The molecule has 0 saturated carbocycles. The third-order valence-corrected chi connectivity index (χ3v) is 4.28. The van der Waals surface area contributed by atoms with E-state index in [1.807, 2.05) is 0 Å². The number of hydrogen-bond donors (Lipinski definition) is 1. The number of sulfone groups is 1. The van der Waals surface area contributed by atoms with Gasteiger partial charge in [-0.2, -0.15) is 0 Å². The minimum absolute atomic E-state index is 0.0827. The summed E-state index contributed by atoms with van der Waals surface area (Å²) in [4.78, 5) is -0.239. The number of unbranched alkanes of at least 4 members (excludes halogenated alkanes) is 1. The monoisotopic (exact) mass is 260 g/mol. The summed E-state index contributed by atoms with van der Waals surface area (Å²) in [7, 11) is -3.55. The maximum absolute atomic E-state index is 13.3. The second kappa shape index (κ2) is 6.12. The topological polar surface area (TPSA) is 54.4 Å². The van der Waals surface area contributed by atoms with Crippen molar-refractivity contribution in [3.8, 4) is 0 Å². The van der Waals surface area contributed by atoms with E-state index in [9.17, 15) is 12.8 Å². The summed E-state index contributed by atoms with van der Waals surface area (Å²) >= 11 is 0. The van der Waals surface area contributed by atoms with E-state index >= 15 is 0 Å². The van der Waals surface area contributed by atoms with Gasteiger partial charge in [0.1, 0.15) is 10.7 Å². The Morgan fingerprint density at radius 3 is 2.53 bits per heavy atom. The highest BCUT2D eigenvalue weighted by Gasteiger charge is 2.17. The van der Waals surface area contributed by atoms with Gasteiger partial charge >= 0.3 is 0 Å². The molecule has 5 heteroatoms. The molecule has 1 aromatic carbocycles. The van der Waals surface area contributed by atoms with Gasteiger partial charge in [0.15, 0.2) is 9.84 Å². The Hall–Kier alpha value is -0.940. The minimum Gasteiger partial charge on any atom is -0.393 e. The molecule has 96 valence electrons. The Morgan fingerprint density at radius 1 is 1.29 bits per heavy atom. The fraction of sp³-hybridized carbons (Fsp3) is 0.500. The molecule has 0 amide bonds. The Morgan fingerprint density at radius 2 is 1.94 bits per heavy atom. The molecule has 0 heterocycles. The highest BCUT2D eigenvalue weighted by atomic mass is 32.2. The van der Waals surface area contributed by atoms with Gasteiger partial charge in [-0.05, 0) is 38.3 Å². The number of rotatable bonds is 6. The summed E-state index contributed by atoms with van der Waals surface area (Å²) < 4.78 is 36.9. The first-order chi connectivity index (χ1) is 7.93. The van der Waals surface area contributed by atoms with Crippen molar-refractivity contribution in [1.29, 1.82) is 0 Å². The highest BCUT2D eigenvalue weighted by Crippen LogP contribution is 2.16. The van der Waals surface area contributed by atoms with Crippen LogP contribution in [0, 0.1) is 5.82 Å². The van der Waals surface area contributed by atoms with Crippen molar-refractivity contribution in [3.05, 3.63) is 30.1 Å². The van der Waals surface area contributed by atoms with Gasteiger partial charge in [0, 0.05) is 0 Å². The van der Waals surface area contributed by atoms with Crippen molar-refractivity contribution >= 4 is 9.84 Å². The molecule has 0 spiro atoms. The van der Waals surface area contributed by atoms with Gasteiger partial charge in [0.05, 0.1) is 11.9 Å². The van der Waals surface area contributed by atoms with E-state index in [2.05, 4.69) is 0 Å². The second-order valence-corrected chi connectivity index (χ2v) is 6.17. The van der Waals surface area contributed by atoms with Gasteiger partial charge in [0.2, 0.25) is 0 Å². The van der Waals surface area contributed by atoms with Crippen LogP contribution in [0.5, 0.6) is 0 Å². The number of hydrogen-bond acceptors (Lipinski definition) is 3. The molecule has 0 aliphatic heterocycles. The molecular formula is C12H17FO3S. The quantitative estimate of drug-likeness (QED) is 0.797. The molecule has 3 nitrogen and oxygen atoms in total. The normalized spacial score (nSPS) is 13.6. The first kappa shape index (κ1) is 14.1. The average Bonchev–Trinajstić information content (AvgIpc) is 2.24. The van der Waals surface area contributed by atoms with Crippen LogP contribution in [-0.4, -0.2) is 25.4 Å². The average molecular weight is 260 g/mol. The molecular weight excluding hydrogens is 243 g/mol. The van der Waals surface area contributed by atoms with E-state index in [4.69, 9.17) is 5.11 Å². The van der Waals surface area contributed by atoms with Gasteiger partial charge in [-0.1, -0.05) is 12.1 Å². The first-order valence-electron chi connectivity index (χ1n) is 5.59. The van der Waals surface area contributed by atoms with Crippen LogP contribution < -0.4 is 0 Å². The first-order valence-corrected chi connectivity index (χ1v) is 7.24. The molecule has 0 saturated heterocycles. The molecule has 0 aliphatic rings.